The number of likely N-dealkylation sites (N-methyl/N-ethyl adjacent to an activating group) is 1. The number of hydrogen-bond donors (Lipinski definition) is 2. The molecule has 1 unspecified atom stereocenters. The fourth-order valence-corrected chi connectivity index (χ4v) is 2.92. The third-order valence-electron chi connectivity index (χ3n) is 4.01. The minimum Gasteiger partial charge on any atom is -0.488 e. The third kappa shape index (κ3) is 6.07. The highest BCUT2D eigenvalue weighted by atomic mass is 35.5. The molecule has 0 saturated carbocycles. The van der Waals surface area contributed by atoms with Gasteiger partial charge in [-0.2, -0.15) is 0 Å². The predicted molar refractivity (Wildman–Crippen MR) is 103 cm³/mol. The van der Waals surface area contributed by atoms with Gasteiger partial charge in [0.25, 0.3) is 5.91 Å². The van der Waals surface area contributed by atoms with Crippen molar-refractivity contribution in [2.45, 2.75) is 20.8 Å². The molecule has 0 heterocycles. The lowest BCUT2D eigenvalue weighted by Gasteiger charge is -2.16. The van der Waals surface area contributed by atoms with Gasteiger partial charge in [0.05, 0.1) is 7.05 Å². The zero-order valence-corrected chi connectivity index (χ0v) is 16.0. The first-order valence-electron chi connectivity index (χ1n) is 8.42. The second-order valence-corrected chi connectivity index (χ2v) is 6.94. The predicted octanol–water partition coefficient (Wildman–Crippen LogP) is 2.80. The standard InChI is InChI=1S/C20H25ClN2O2/c1-14-11-15(2)20(16(3)12-14)22-19(24)13-23(4)9-10-25-18-7-5-17(21)6-8-18/h5-8,11-12H,9-10,13H2,1-4H3,(H,22,24)/p+1. The van der Waals surface area contributed by atoms with Gasteiger partial charge in [-0.1, -0.05) is 29.3 Å². The van der Waals surface area contributed by atoms with Gasteiger partial charge in [0.2, 0.25) is 0 Å². The van der Waals surface area contributed by atoms with Crippen molar-refractivity contribution in [2.75, 3.05) is 32.1 Å². The summed E-state index contributed by atoms with van der Waals surface area (Å²) in [6.45, 7) is 7.78. The Morgan fingerprint density at radius 1 is 1.12 bits per heavy atom. The molecular formula is C20H26ClN2O2+. The molecule has 1 atom stereocenters. The Balaban J connectivity index is 1.79. The van der Waals surface area contributed by atoms with Gasteiger partial charge in [-0.25, -0.2) is 0 Å². The van der Waals surface area contributed by atoms with Crippen LogP contribution in [0.4, 0.5) is 5.69 Å². The van der Waals surface area contributed by atoms with Crippen LogP contribution in [-0.4, -0.2) is 32.7 Å². The maximum absolute atomic E-state index is 12.3. The van der Waals surface area contributed by atoms with E-state index in [1.54, 1.807) is 12.1 Å². The van der Waals surface area contributed by atoms with Crippen molar-refractivity contribution in [2.24, 2.45) is 0 Å². The number of halogens is 1. The number of ether oxygens (including phenoxy) is 1. The highest BCUT2D eigenvalue weighted by Gasteiger charge is 2.13. The van der Waals surface area contributed by atoms with Crippen LogP contribution < -0.4 is 15.0 Å². The molecule has 1 amide bonds. The number of carbonyl (C=O) groups is 1. The van der Waals surface area contributed by atoms with Gasteiger partial charge < -0.3 is 15.0 Å². The van der Waals surface area contributed by atoms with E-state index in [-0.39, 0.29) is 5.91 Å². The van der Waals surface area contributed by atoms with E-state index >= 15 is 0 Å². The van der Waals surface area contributed by atoms with Crippen LogP contribution in [0.5, 0.6) is 5.75 Å². The van der Waals surface area contributed by atoms with Crippen molar-refractivity contribution in [3.05, 3.63) is 58.1 Å². The van der Waals surface area contributed by atoms with Crippen LogP contribution in [0.15, 0.2) is 36.4 Å². The first kappa shape index (κ1) is 19.3. The number of amides is 1. The molecule has 2 aromatic rings. The molecule has 2 aromatic carbocycles. The molecule has 2 rings (SSSR count). The third-order valence-corrected chi connectivity index (χ3v) is 4.27. The normalized spacial score (nSPS) is 11.9. The quantitative estimate of drug-likeness (QED) is 0.796. The second-order valence-electron chi connectivity index (χ2n) is 6.51. The van der Waals surface area contributed by atoms with E-state index < -0.39 is 0 Å². The van der Waals surface area contributed by atoms with Crippen molar-refractivity contribution in [1.82, 2.24) is 0 Å². The van der Waals surface area contributed by atoms with Crippen LogP contribution in [0.2, 0.25) is 5.02 Å². The number of nitrogens with one attached hydrogen (secondary N) is 2. The van der Waals surface area contributed by atoms with Crippen molar-refractivity contribution in [3.63, 3.8) is 0 Å². The largest absolute Gasteiger partial charge is 0.488 e. The van der Waals surface area contributed by atoms with E-state index in [0.717, 1.165) is 34.0 Å². The summed E-state index contributed by atoms with van der Waals surface area (Å²) in [6, 6.07) is 11.4. The van der Waals surface area contributed by atoms with Crippen LogP contribution >= 0.6 is 11.6 Å². The smallest absolute Gasteiger partial charge is 0.279 e. The average Bonchev–Trinajstić information content (AvgIpc) is 2.52. The lowest BCUT2D eigenvalue weighted by atomic mass is 10.1. The number of rotatable bonds is 7. The summed E-state index contributed by atoms with van der Waals surface area (Å²) in [4.78, 5) is 13.4. The van der Waals surface area contributed by atoms with Gasteiger partial charge in [-0.15, -0.1) is 0 Å². The highest BCUT2D eigenvalue weighted by Crippen LogP contribution is 2.21. The van der Waals surface area contributed by atoms with Crippen molar-refractivity contribution < 1.29 is 14.4 Å². The summed E-state index contributed by atoms with van der Waals surface area (Å²) >= 11 is 5.85. The number of hydrogen-bond acceptors (Lipinski definition) is 2. The van der Waals surface area contributed by atoms with Crippen LogP contribution in [0.3, 0.4) is 0 Å². The Hall–Kier alpha value is -2.04. The Labute approximate surface area is 154 Å². The minimum absolute atomic E-state index is 0.0130. The van der Waals surface area contributed by atoms with Gasteiger partial charge in [0.1, 0.15) is 18.9 Å². The van der Waals surface area contributed by atoms with Gasteiger partial charge in [-0.05, 0) is 56.2 Å². The van der Waals surface area contributed by atoms with E-state index in [4.69, 9.17) is 16.3 Å². The summed E-state index contributed by atoms with van der Waals surface area (Å²) in [5.74, 6) is 0.798. The lowest BCUT2D eigenvalue weighted by molar-refractivity contribution is -0.871. The minimum atomic E-state index is 0.0130. The average molecular weight is 362 g/mol. The highest BCUT2D eigenvalue weighted by molar-refractivity contribution is 6.30. The molecular weight excluding hydrogens is 336 g/mol. The van der Waals surface area contributed by atoms with Crippen LogP contribution in [-0.2, 0) is 4.79 Å². The molecule has 0 radical (unpaired) electrons. The number of benzene rings is 2. The number of aryl methyl sites for hydroxylation is 3. The Morgan fingerprint density at radius 3 is 2.32 bits per heavy atom. The summed E-state index contributed by atoms with van der Waals surface area (Å²) < 4.78 is 5.67. The summed E-state index contributed by atoms with van der Waals surface area (Å²) in [5, 5.41) is 3.72. The molecule has 5 heteroatoms. The summed E-state index contributed by atoms with van der Waals surface area (Å²) in [6.07, 6.45) is 0. The van der Waals surface area contributed by atoms with E-state index in [9.17, 15) is 4.79 Å². The number of anilines is 1. The van der Waals surface area contributed by atoms with Gasteiger partial charge in [0, 0.05) is 10.7 Å². The maximum Gasteiger partial charge on any atom is 0.279 e. The topological polar surface area (TPSA) is 42.8 Å². The SMILES string of the molecule is Cc1cc(C)c(NC(=O)C[NH+](C)CCOc2ccc(Cl)cc2)c(C)c1. The Bertz CT molecular complexity index is 706. The zero-order valence-electron chi connectivity index (χ0n) is 15.3. The molecule has 25 heavy (non-hydrogen) atoms. The molecule has 0 aliphatic rings. The van der Waals surface area contributed by atoms with E-state index in [2.05, 4.69) is 24.4 Å². The van der Waals surface area contributed by atoms with Crippen LogP contribution in [0.1, 0.15) is 16.7 Å². The molecule has 0 fully saturated rings. The summed E-state index contributed by atoms with van der Waals surface area (Å²) in [5.41, 5.74) is 4.31. The molecule has 0 aromatic heterocycles. The summed E-state index contributed by atoms with van der Waals surface area (Å²) in [7, 11) is 1.99. The van der Waals surface area contributed by atoms with Gasteiger partial charge >= 0.3 is 0 Å². The van der Waals surface area contributed by atoms with E-state index in [1.165, 1.54) is 5.56 Å². The molecule has 0 aliphatic carbocycles. The first-order valence-corrected chi connectivity index (χ1v) is 8.80. The van der Waals surface area contributed by atoms with Crippen molar-refractivity contribution >= 4 is 23.2 Å². The van der Waals surface area contributed by atoms with Crippen LogP contribution in [0, 0.1) is 20.8 Å². The number of quaternary nitrogens is 1. The fraction of sp³-hybridized carbons (Fsp3) is 0.350. The molecule has 0 bridgehead atoms. The molecule has 2 N–H and O–H groups in total. The second kappa shape index (κ2) is 8.88. The number of carbonyl (C=O) groups excluding carboxylic acids is 1. The fourth-order valence-electron chi connectivity index (χ4n) is 2.80. The maximum atomic E-state index is 12.3. The zero-order chi connectivity index (χ0) is 18.4. The Kier molecular flexibility index (Phi) is 6.85. The first-order chi connectivity index (χ1) is 11.8. The molecule has 0 saturated heterocycles. The van der Waals surface area contributed by atoms with Crippen molar-refractivity contribution in [1.29, 1.82) is 0 Å². The molecule has 4 nitrogen and oxygen atoms in total. The lowest BCUT2D eigenvalue weighted by Crippen LogP contribution is -3.10. The van der Waals surface area contributed by atoms with Crippen molar-refractivity contribution in [3.8, 4) is 5.75 Å². The van der Waals surface area contributed by atoms with Gasteiger partial charge in [0.15, 0.2) is 6.54 Å². The van der Waals surface area contributed by atoms with E-state index in [0.29, 0.717) is 18.2 Å². The molecule has 0 spiro atoms. The van der Waals surface area contributed by atoms with E-state index in [1.807, 2.05) is 33.0 Å². The monoisotopic (exact) mass is 361 g/mol. The van der Waals surface area contributed by atoms with Gasteiger partial charge in [-0.3, -0.25) is 4.79 Å². The van der Waals surface area contributed by atoms with Crippen LogP contribution in [0.25, 0.3) is 0 Å². The Morgan fingerprint density at radius 2 is 1.72 bits per heavy atom. The molecule has 134 valence electrons. The molecule has 0 aliphatic heterocycles.